The molecular formula is C13H22N2O4. The van der Waals surface area contributed by atoms with Gasteiger partial charge in [-0.2, -0.15) is 0 Å². The minimum absolute atomic E-state index is 0.00754. The van der Waals surface area contributed by atoms with Gasteiger partial charge in [-0.15, -0.1) is 0 Å². The first-order valence-corrected chi connectivity index (χ1v) is 6.92. The summed E-state index contributed by atoms with van der Waals surface area (Å²) in [5.74, 6) is -0.614. The molecule has 2 aliphatic rings. The summed E-state index contributed by atoms with van der Waals surface area (Å²) < 4.78 is 5.18. The highest BCUT2D eigenvalue weighted by Crippen LogP contribution is 2.32. The number of carbonyl (C=O) groups is 2. The molecule has 0 aromatic heterocycles. The van der Waals surface area contributed by atoms with Gasteiger partial charge in [-0.05, 0) is 25.2 Å². The monoisotopic (exact) mass is 270 g/mol. The first-order valence-electron chi connectivity index (χ1n) is 6.92. The van der Waals surface area contributed by atoms with Crippen molar-refractivity contribution in [3.63, 3.8) is 0 Å². The molecule has 0 bridgehead atoms. The molecule has 1 saturated carbocycles. The number of carboxylic acids is 1. The second-order valence-electron chi connectivity index (χ2n) is 5.75. The molecule has 0 aromatic carbocycles. The zero-order chi connectivity index (χ0) is 13.9. The third-order valence-electron chi connectivity index (χ3n) is 4.02. The maximum absolute atomic E-state index is 11.9. The van der Waals surface area contributed by atoms with E-state index in [9.17, 15) is 14.7 Å². The van der Waals surface area contributed by atoms with E-state index in [-0.39, 0.29) is 6.04 Å². The molecule has 2 fully saturated rings. The van der Waals surface area contributed by atoms with Crippen LogP contribution in [0.3, 0.4) is 0 Å². The number of amides is 2. The van der Waals surface area contributed by atoms with Crippen LogP contribution in [-0.2, 0) is 9.53 Å². The quantitative estimate of drug-likeness (QED) is 0.717. The fourth-order valence-corrected chi connectivity index (χ4v) is 3.00. The van der Waals surface area contributed by atoms with E-state index >= 15 is 0 Å². The van der Waals surface area contributed by atoms with E-state index in [0.717, 1.165) is 19.3 Å². The van der Waals surface area contributed by atoms with Crippen molar-refractivity contribution >= 4 is 12.0 Å². The summed E-state index contributed by atoms with van der Waals surface area (Å²) in [6, 6.07) is -0.404. The van der Waals surface area contributed by atoms with E-state index in [1.165, 1.54) is 0 Å². The van der Waals surface area contributed by atoms with Crippen LogP contribution in [0.1, 0.15) is 39.0 Å². The molecule has 6 heteroatoms. The number of ether oxygens (including phenoxy) is 1. The predicted octanol–water partition coefficient (Wildman–Crippen LogP) is 1.11. The maximum Gasteiger partial charge on any atom is 0.329 e. The summed E-state index contributed by atoms with van der Waals surface area (Å²) >= 11 is 0. The fraction of sp³-hybridized carbons (Fsp3) is 0.846. The molecule has 0 aromatic rings. The lowest BCUT2D eigenvalue weighted by molar-refractivity contribution is -0.146. The summed E-state index contributed by atoms with van der Waals surface area (Å²) in [6.45, 7) is 3.18. The molecule has 19 heavy (non-hydrogen) atoms. The number of nitrogens with one attached hydrogen (secondary N) is 2. The van der Waals surface area contributed by atoms with Crippen molar-refractivity contribution in [1.82, 2.24) is 10.6 Å². The lowest BCUT2D eigenvalue weighted by Crippen LogP contribution is -2.60. The molecule has 1 heterocycles. The van der Waals surface area contributed by atoms with Gasteiger partial charge in [0.05, 0.1) is 12.6 Å². The van der Waals surface area contributed by atoms with Crippen LogP contribution in [-0.4, -0.2) is 41.9 Å². The van der Waals surface area contributed by atoms with Gasteiger partial charge in [0.1, 0.15) is 5.54 Å². The third kappa shape index (κ3) is 3.37. The SMILES string of the molecule is CC1CCCC(NC(=O)NC2CCOC2)(C(=O)O)C1. The average Bonchev–Trinajstić information content (AvgIpc) is 2.81. The number of rotatable bonds is 3. The fourth-order valence-electron chi connectivity index (χ4n) is 3.00. The van der Waals surface area contributed by atoms with E-state index in [4.69, 9.17) is 4.74 Å². The second-order valence-corrected chi connectivity index (χ2v) is 5.75. The number of hydrogen-bond donors (Lipinski definition) is 3. The Morgan fingerprint density at radius 1 is 1.37 bits per heavy atom. The molecule has 0 spiro atoms. The third-order valence-corrected chi connectivity index (χ3v) is 4.02. The highest BCUT2D eigenvalue weighted by Gasteiger charge is 2.43. The van der Waals surface area contributed by atoms with E-state index in [2.05, 4.69) is 10.6 Å². The van der Waals surface area contributed by atoms with Gasteiger partial charge in [0.15, 0.2) is 0 Å². The number of urea groups is 1. The van der Waals surface area contributed by atoms with Crippen LogP contribution in [0.15, 0.2) is 0 Å². The molecule has 3 unspecified atom stereocenters. The number of carboxylic acid groups (broad SMARTS) is 1. The first kappa shape index (κ1) is 14.1. The smallest absolute Gasteiger partial charge is 0.329 e. The predicted molar refractivity (Wildman–Crippen MR) is 68.9 cm³/mol. The van der Waals surface area contributed by atoms with Crippen molar-refractivity contribution in [3.05, 3.63) is 0 Å². The Morgan fingerprint density at radius 3 is 2.74 bits per heavy atom. The number of hydrogen-bond acceptors (Lipinski definition) is 3. The molecular weight excluding hydrogens is 248 g/mol. The van der Waals surface area contributed by atoms with Gasteiger partial charge in [-0.3, -0.25) is 0 Å². The Bertz CT molecular complexity index is 355. The van der Waals surface area contributed by atoms with Gasteiger partial charge >= 0.3 is 12.0 Å². The Kier molecular flexibility index (Phi) is 4.29. The van der Waals surface area contributed by atoms with Crippen molar-refractivity contribution in [3.8, 4) is 0 Å². The van der Waals surface area contributed by atoms with E-state index in [0.29, 0.717) is 32.0 Å². The molecule has 2 rings (SSSR count). The molecule has 6 nitrogen and oxygen atoms in total. The first-order chi connectivity index (χ1) is 9.02. The average molecular weight is 270 g/mol. The summed E-state index contributed by atoms with van der Waals surface area (Å²) in [4.78, 5) is 23.5. The Labute approximate surface area is 112 Å². The molecule has 1 saturated heterocycles. The molecule has 3 atom stereocenters. The highest BCUT2D eigenvalue weighted by molar-refractivity contribution is 5.86. The lowest BCUT2D eigenvalue weighted by Gasteiger charge is -2.37. The van der Waals surface area contributed by atoms with Crippen LogP contribution in [0.4, 0.5) is 4.79 Å². The van der Waals surface area contributed by atoms with Crippen LogP contribution in [0, 0.1) is 5.92 Å². The zero-order valence-corrected chi connectivity index (χ0v) is 11.3. The summed E-state index contributed by atoms with van der Waals surface area (Å²) in [7, 11) is 0. The van der Waals surface area contributed by atoms with E-state index in [1.54, 1.807) is 0 Å². The Morgan fingerprint density at radius 2 is 2.16 bits per heavy atom. The van der Waals surface area contributed by atoms with Gasteiger partial charge in [0.25, 0.3) is 0 Å². The Hall–Kier alpha value is -1.30. The van der Waals surface area contributed by atoms with Crippen molar-refractivity contribution < 1.29 is 19.4 Å². The van der Waals surface area contributed by atoms with Crippen molar-refractivity contribution in [1.29, 1.82) is 0 Å². The van der Waals surface area contributed by atoms with Gasteiger partial charge in [0, 0.05) is 6.61 Å². The summed E-state index contributed by atoms with van der Waals surface area (Å²) in [6.07, 6.45) is 3.64. The zero-order valence-electron chi connectivity index (χ0n) is 11.3. The largest absolute Gasteiger partial charge is 0.480 e. The molecule has 108 valence electrons. The normalized spacial score (nSPS) is 34.8. The van der Waals surface area contributed by atoms with Crippen LogP contribution >= 0.6 is 0 Å². The maximum atomic E-state index is 11.9. The van der Waals surface area contributed by atoms with Gasteiger partial charge < -0.3 is 20.5 Å². The minimum atomic E-state index is -1.11. The van der Waals surface area contributed by atoms with E-state index < -0.39 is 17.5 Å². The van der Waals surface area contributed by atoms with Crippen LogP contribution < -0.4 is 10.6 Å². The van der Waals surface area contributed by atoms with Crippen molar-refractivity contribution in [2.24, 2.45) is 5.92 Å². The summed E-state index contributed by atoms with van der Waals surface area (Å²) in [5, 5.41) is 14.9. The summed E-state index contributed by atoms with van der Waals surface area (Å²) in [5.41, 5.74) is -1.11. The number of aliphatic carboxylic acids is 1. The van der Waals surface area contributed by atoms with Crippen LogP contribution in [0.5, 0.6) is 0 Å². The van der Waals surface area contributed by atoms with Crippen LogP contribution in [0.25, 0.3) is 0 Å². The van der Waals surface area contributed by atoms with Gasteiger partial charge in [-0.25, -0.2) is 9.59 Å². The van der Waals surface area contributed by atoms with E-state index in [1.807, 2.05) is 6.92 Å². The highest BCUT2D eigenvalue weighted by atomic mass is 16.5. The van der Waals surface area contributed by atoms with Crippen molar-refractivity contribution in [2.45, 2.75) is 50.6 Å². The molecule has 2 amide bonds. The van der Waals surface area contributed by atoms with Crippen LogP contribution in [0.2, 0.25) is 0 Å². The Balaban J connectivity index is 1.95. The second kappa shape index (κ2) is 5.77. The van der Waals surface area contributed by atoms with Gasteiger partial charge in [0.2, 0.25) is 0 Å². The lowest BCUT2D eigenvalue weighted by atomic mass is 9.76. The van der Waals surface area contributed by atoms with Crippen molar-refractivity contribution in [2.75, 3.05) is 13.2 Å². The van der Waals surface area contributed by atoms with Gasteiger partial charge in [-0.1, -0.05) is 19.8 Å². The molecule has 0 radical (unpaired) electrons. The standard InChI is InChI=1S/C13H22N2O4/c1-9-3-2-5-13(7-9,11(16)17)15-12(18)14-10-4-6-19-8-10/h9-10H,2-8H2,1H3,(H,16,17)(H2,14,15,18). The minimum Gasteiger partial charge on any atom is -0.480 e. The molecule has 3 N–H and O–H groups in total. The number of carbonyl (C=O) groups excluding carboxylic acids is 1. The molecule has 1 aliphatic heterocycles. The molecule has 1 aliphatic carbocycles. The topological polar surface area (TPSA) is 87.7 Å².